The Morgan fingerprint density at radius 1 is 1.08 bits per heavy atom. The third kappa shape index (κ3) is 2.06. The van der Waals surface area contributed by atoms with Crippen LogP contribution in [0.15, 0.2) is 30.6 Å². The first kappa shape index (κ1) is 14.7. The number of rotatable bonds is 2. The molecule has 0 aromatic carbocycles. The van der Waals surface area contributed by atoms with Crippen LogP contribution >= 0.6 is 0 Å². The van der Waals surface area contributed by atoms with E-state index in [0.717, 1.165) is 17.8 Å². The molecule has 0 radical (unpaired) electrons. The highest BCUT2D eigenvalue weighted by Crippen LogP contribution is 2.43. The number of hydrogen-bond acceptors (Lipinski definition) is 4. The summed E-state index contributed by atoms with van der Waals surface area (Å²) < 4.78 is 3.87. The van der Waals surface area contributed by atoms with Crippen LogP contribution in [0, 0.1) is 6.92 Å². The minimum Gasteiger partial charge on any atom is -0.361 e. The zero-order chi connectivity index (χ0) is 17.1. The fourth-order valence-corrected chi connectivity index (χ4v) is 4.66. The summed E-state index contributed by atoms with van der Waals surface area (Å²) in [6.45, 7) is 2.08. The van der Waals surface area contributed by atoms with E-state index in [1.807, 2.05) is 35.9 Å². The van der Waals surface area contributed by atoms with Gasteiger partial charge in [-0.05, 0) is 43.9 Å². The summed E-state index contributed by atoms with van der Waals surface area (Å²) in [5, 5.41) is 10.1. The highest BCUT2D eigenvalue weighted by Gasteiger charge is 2.38. The lowest BCUT2D eigenvalue weighted by Crippen LogP contribution is -2.38. The van der Waals surface area contributed by atoms with Crippen molar-refractivity contribution < 1.29 is 0 Å². The van der Waals surface area contributed by atoms with E-state index in [4.69, 9.17) is 0 Å². The van der Waals surface area contributed by atoms with Crippen LogP contribution < -0.4 is 4.90 Å². The quantitative estimate of drug-likeness (QED) is 0.723. The van der Waals surface area contributed by atoms with E-state index in [1.54, 1.807) is 0 Å². The summed E-state index contributed by atoms with van der Waals surface area (Å²) in [5.74, 6) is 0. The Balaban J connectivity index is 1.61. The van der Waals surface area contributed by atoms with Gasteiger partial charge in [0.25, 0.3) is 0 Å². The van der Waals surface area contributed by atoms with Crippen molar-refractivity contribution in [2.75, 3.05) is 4.90 Å². The van der Waals surface area contributed by atoms with Gasteiger partial charge in [0, 0.05) is 38.6 Å². The number of nitrogens with zero attached hydrogens (tertiary/aromatic N) is 6. The Morgan fingerprint density at radius 2 is 1.96 bits per heavy atom. The molecule has 6 heteroatoms. The molecule has 2 atom stereocenters. The monoisotopic (exact) mass is 334 g/mol. The average molecular weight is 334 g/mol. The van der Waals surface area contributed by atoms with Crippen molar-refractivity contribution in [1.82, 2.24) is 24.5 Å². The Hall–Kier alpha value is -2.63. The van der Waals surface area contributed by atoms with Crippen LogP contribution in [-0.4, -0.2) is 36.6 Å². The van der Waals surface area contributed by atoms with Gasteiger partial charge in [0.15, 0.2) is 5.65 Å². The molecule has 128 valence electrons. The molecule has 3 aromatic rings. The van der Waals surface area contributed by atoms with Crippen LogP contribution in [0.5, 0.6) is 0 Å². The maximum atomic E-state index is 4.58. The number of anilines is 1. The molecule has 2 aliphatic heterocycles. The van der Waals surface area contributed by atoms with Crippen LogP contribution in [0.4, 0.5) is 5.69 Å². The summed E-state index contributed by atoms with van der Waals surface area (Å²) in [6.07, 6.45) is 9.74. The second-order valence-electron chi connectivity index (χ2n) is 7.18. The van der Waals surface area contributed by atoms with Crippen molar-refractivity contribution in [2.45, 2.75) is 38.3 Å². The van der Waals surface area contributed by atoms with Crippen LogP contribution in [0.3, 0.4) is 0 Å². The van der Waals surface area contributed by atoms with E-state index in [-0.39, 0.29) is 0 Å². The second-order valence-corrected chi connectivity index (χ2v) is 7.18. The molecule has 0 saturated carbocycles. The van der Waals surface area contributed by atoms with Gasteiger partial charge in [-0.1, -0.05) is 6.08 Å². The fourth-order valence-electron chi connectivity index (χ4n) is 4.66. The lowest BCUT2D eigenvalue weighted by Gasteiger charge is -2.36. The fraction of sp³-hybridized carbons (Fsp3) is 0.421. The van der Waals surface area contributed by atoms with E-state index in [1.165, 1.54) is 35.2 Å². The molecule has 1 fully saturated rings. The summed E-state index contributed by atoms with van der Waals surface area (Å²) in [5.41, 5.74) is 5.98. The molecule has 5 rings (SSSR count). The first-order chi connectivity index (χ1) is 12.1. The van der Waals surface area contributed by atoms with E-state index >= 15 is 0 Å². The predicted molar refractivity (Wildman–Crippen MR) is 98.3 cm³/mol. The first-order valence-electron chi connectivity index (χ1n) is 8.89. The largest absolute Gasteiger partial charge is 0.361 e. The normalized spacial score (nSPS) is 22.7. The van der Waals surface area contributed by atoms with Gasteiger partial charge in [0.05, 0.1) is 22.5 Å². The highest BCUT2D eigenvalue weighted by molar-refractivity contribution is 5.93. The van der Waals surface area contributed by atoms with Crippen molar-refractivity contribution >= 4 is 22.3 Å². The molecule has 0 N–H and O–H groups in total. The van der Waals surface area contributed by atoms with Crippen LogP contribution in [0.25, 0.3) is 16.6 Å². The third-order valence-electron chi connectivity index (χ3n) is 5.70. The van der Waals surface area contributed by atoms with Gasteiger partial charge in [0.2, 0.25) is 0 Å². The highest BCUT2D eigenvalue weighted by atomic mass is 15.3. The van der Waals surface area contributed by atoms with E-state index < -0.39 is 0 Å². The SMILES string of the molecule is Cc1nn(C)c2nccc(N3[C@@H]4CC[C@@H]3C=C(c3ccnn3C)C4)c12. The lowest BCUT2D eigenvalue weighted by atomic mass is 9.97. The van der Waals surface area contributed by atoms with E-state index in [2.05, 4.69) is 45.2 Å². The lowest BCUT2D eigenvalue weighted by molar-refractivity contribution is 0.651. The molecule has 1 saturated heterocycles. The van der Waals surface area contributed by atoms with Crippen molar-refractivity contribution in [3.8, 4) is 0 Å². The molecule has 25 heavy (non-hydrogen) atoms. The number of fused-ring (bicyclic) bond motifs is 3. The minimum atomic E-state index is 0.439. The molecule has 0 amide bonds. The van der Waals surface area contributed by atoms with Gasteiger partial charge in [-0.2, -0.15) is 10.2 Å². The van der Waals surface area contributed by atoms with Crippen LogP contribution in [-0.2, 0) is 14.1 Å². The van der Waals surface area contributed by atoms with Crippen LogP contribution in [0.2, 0.25) is 0 Å². The number of hydrogen-bond donors (Lipinski definition) is 0. The molecule has 3 aromatic heterocycles. The predicted octanol–water partition coefficient (Wildman–Crippen LogP) is 2.83. The molecular weight excluding hydrogens is 312 g/mol. The average Bonchev–Trinajstić information content (AvgIpc) is 3.23. The Kier molecular flexibility index (Phi) is 3.04. The Bertz CT molecular complexity index is 995. The maximum Gasteiger partial charge on any atom is 0.159 e. The van der Waals surface area contributed by atoms with Crippen molar-refractivity contribution in [3.05, 3.63) is 42.0 Å². The summed E-state index contributed by atoms with van der Waals surface area (Å²) in [7, 11) is 3.99. The van der Waals surface area contributed by atoms with Gasteiger partial charge in [-0.3, -0.25) is 9.36 Å². The van der Waals surface area contributed by atoms with Crippen molar-refractivity contribution in [3.63, 3.8) is 0 Å². The summed E-state index contributed by atoms with van der Waals surface area (Å²) >= 11 is 0. The maximum absolute atomic E-state index is 4.58. The molecule has 0 unspecified atom stereocenters. The molecule has 0 spiro atoms. The molecule has 2 aliphatic rings. The number of aromatic nitrogens is 5. The smallest absolute Gasteiger partial charge is 0.159 e. The van der Waals surface area contributed by atoms with E-state index in [9.17, 15) is 0 Å². The van der Waals surface area contributed by atoms with Gasteiger partial charge < -0.3 is 4.90 Å². The van der Waals surface area contributed by atoms with Crippen molar-refractivity contribution in [1.29, 1.82) is 0 Å². The van der Waals surface area contributed by atoms with Gasteiger partial charge in [0.1, 0.15) is 0 Å². The second kappa shape index (κ2) is 5.18. The van der Waals surface area contributed by atoms with Gasteiger partial charge in [-0.15, -0.1) is 0 Å². The minimum absolute atomic E-state index is 0.439. The number of aryl methyl sites for hydroxylation is 3. The van der Waals surface area contributed by atoms with Gasteiger partial charge in [-0.25, -0.2) is 4.98 Å². The standard InChI is InChI=1S/C19H22N6/c1-12-18-17(6-8-20-19(18)24(3)22-12)25-14-4-5-15(25)11-13(10-14)16-7-9-21-23(16)2/h6-10,14-15H,4-5,11H2,1-3H3/t14-,15-/m1/s1. The molecular formula is C19H22N6. The Morgan fingerprint density at radius 3 is 2.72 bits per heavy atom. The summed E-state index contributed by atoms with van der Waals surface area (Å²) in [6, 6.07) is 5.25. The first-order valence-corrected chi connectivity index (χ1v) is 8.89. The van der Waals surface area contributed by atoms with Crippen LogP contribution in [0.1, 0.15) is 30.7 Å². The molecule has 6 nitrogen and oxygen atoms in total. The Labute approximate surface area is 146 Å². The number of pyridine rings is 1. The molecule has 0 aliphatic carbocycles. The van der Waals surface area contributed by atoms with Gasteiger partial charge >= 0.3 is 0 Å². The van der Waals surface area contributed by atoms with E-state index in [0.29, 0.717) is 12.1 Å². The third-order valence-corrected chi connectivity index (χ3v) is 5.70. The zero-order valence-corrected chi connectivity index (χ0v) is 14.8. The zero-order valence-electron chi connectivity index (χ0n) is 14.8. The topological polar surface area (TPSA) is 51.8 Å². The molecule has 2 bridgehead atoms. The summed E-state index contributed by atoms with van der Waals surface area (Å²) in [4.78, 5) is 7.14. The van der Waals surface area contributed by atoms with Crippen molar-refractivity contribution in [2.24, 2.45) is 14.1 Å². The molecule has 5 heterocycles.